The minimum absolute atomic E-state index is 0.0181. The maximum Gasteiger partial charge on any atom is 0.357 e. The first-order valence-electron chi connectivity index (χ1n) is 5.66. The predicted molar refractivity (Wildman–Crippen MR) is 82.0 cm³/mol. The first kappa shape index (κ1) is 15.9. The van der Waals surface area contributed by atoms with Crippen molar-refractivity contribution >= 4 is 50.9 Å². The number of hydrogen-bond acceptors (Lipinski definition) is 6. The summed E-state index contributed by atoms with van der Waals surface area (Å²) in [6, 6.07) is 5.89. The Morgan fingerprint density at radius 3 is 2.50 bits per heavy atom. The van der Waals surface area contributed by atoms with Crippen LogP contribution in [-0.2, 0) is 11.3 Å². The van der Waals surface area contributed by atoms with E-state index >= 15 is 0 Å². The van der Waals surface area contributed by atoms with Crippen molar-refractivity contribution in [2.75, 3.05) is 4.31 Å². The topological polar surface area (TPSA) is 158 Å². The molecule has 0 bridgehead atoms. The first-order valence-corrected chi connectivity index (χ1v) is 7.57. The monoisotopic (exact) mass is 340 g/mol. The molecule has 2 rings (SSSR count). The molecule has 116 valence electrons. The number of nitrogens with zero attached hydrogens (tertiary/aromatic N) is 3. The summed E-state index contributed by atoms with van der Waals surface area (Å²) in [5.74, 6) is -1.45. The Morgan fingerprint density at radius 1 is 1.36 bits per heavy atom. The van der Waals surface area contributed by atoms with Crippen LogP contribution in [-0.4, -0.2) is 30.8 Å². The fourth-order valence-electron chi connectivity index (χ4n) is 1.61. The summed E-state index contributed by atoms with van der Waals surface area (Å²) in [5.41, 5.74) is 12.1. The van der Waals surface area contributed by atoms with E-state index < -0.39 is 17.2 Å². The Labute approximate surface area is 131 Å². The van der Waals surface area contributed by atoms with Crippen LogP contribution in [0, 0.1) is 0 Å². The summed E-state index contributed by atoms with van der Waals surface area (Å²) in [4.78, 5) is 18.5. The molecule has 0 radical (unpaired) electrons. The quantitative estimate of drug-likeness (QED) is 0.410. The minimum Gasteiger partial charge on any atom is -0.755 e. The van der Waals surface area contributed by atoms with Crippen molar-refractivity contribution in [2.45, 2.75) is 0 Å². The molecule has 5 N–H and O–H groups in total. The van der Waals surface area contributed by atoms with E-state index in [0.29, 0.717) is 5.69 Å². The maximum absolute atomic E-state index is 11.5. The molecule has 0 aliphatic heterocycles. The summed E-state index contributed by atoms with van der Waals surface area (Å²) in [6.07, 6.45) is 0. The first-order chi connectivity index (χ1) is 10.4. The standard InChI is InChI=1S/C11H11N5O4S2/c12-11(13)15-6-1-3-7(4-2-6)16(22(19)20)9-8(10(17)18)14-5-21-9/h1-5H,(H,17,18)(H,19,20)(H4,12,13,15)/p-1. The Hall–Kier alpha value is -2.50. The van der Waals surface area contributed by atoms with E-state index in [-0.39, 0.29) is 22.3 Å². The fourth-order valence-corrected chi connectivity index (χ4v) is 3.15. The lowest BCUT2D eigenvalue weighted by Crippen LogP contribution is -2.22. The van der Waals surface area contributed by atoms with E-state index in [1.165, 1.54) is 29.8 Å². The Kier molecular flexibility index (Phi) is 4.70. The van der Waals surface area contributed by atoms with E-state index in [2.05, 4.69) is 9.98 Å². The Balaban J connectivity index is 2.45. The molecule has 0 saturated heterocycles. The van der Waals surface area contributed by atoms with E-state index in [0.717, 1.165) is 15.6 Å². The molecule has 0 amide bonds. The van der Waals surface area contributed by atoms with Crippen LogP contribution in [0.4, 0.5) is 16.4 Å². The third-order valence-electron chi connectivity index (χ3n) is 2.43. The molecule has 11 heteroatoms. The number of aliphatic imine (C=N–C) groups is 1. The van der Waals surface area contributed by atoms with E-state index in [1.54, 1.807) is 0 Å². The normalized spacial score (nSPS) is 11.7. The van der Waals surface area contributed by atoms with E-state index in [1.807, 2.05) is 0 Å². The Morgan fingerprint density at radius 2 is 2.00 bits per heavy atom. The van der Waals surface area contributed by atoms with Gasteiger partial charge in [0.1, 0.15) is 5.00 Å². The maximum atomic E-state index is 11.5. The van der Waals surface area contributed by atoms with Crippen LogP contribution >= 0.6 is 11.3 Å². The van der Waals surface area contributed by atoms with Crippen LogP contribution in [0.5, 0.6) is 0 Å². The van der Waals surface area contributed by atoms with Gasteiger partial charge in [-0.05, 0) is 24.3 Å². The van der Waals surface area contributed by atoms with Crippen LogP contribution in [0.15, 0.2) is 34.8 Å². The van der Waals surface area contributed by atoms with Crippen molar-refractivity contribution in [3.8, 4) is 0 Å². The average molecular weight is 340 g/mol. The van der Waals surface area contributed by atoms with Crippen LogP contribution in [0.1, 0.15) is 10.5 Å². The number of nitrogens with two attached hydrogens (primary N) is 2. The molecule has 9 nitrogen and oxygen atoms in total. The molecule has 0 fully saturated rings. The number of rotatable bonds is 5. The molecule has 1 atom stereocenters. The van der Waals surface area contributed by atoms with Gasteiger partial charge in [0.05, 0.1) is 28.2 Å². The molecule has 1 unspecified atom stereocenters. The summed E-state index contributed by atoms with van der Waals surface area (Å²) in [5, 5.41) is 9.03. The highest BCUT2D eigenvalue weighted by atomic mass is 32.2. The SMILES string of the molecule is NC(N)=Nc1ccc(N(c2scnc2C(=O)O)S(=O)[O-])cc1. The molecular formula is C11H10N5O4S2-. The van der Waals surface area contributed by atoms with Gasteiger partial charge in [-0.15, -0.1) is 11.3 Å². The van der Waals surface area contributed by atoms with Gasteiger partial charge in [0.25, 0.3) is 0 Å². The molecule has 0 aliphatic carbocycles. The van der Waals surface area contributed by atoms with Gasteiger partial charge < -0.3 is 21.1 Å². The fraction of sp³-hybridized carbons (Fsp3) is 0. The second-order valence-electron chi connectivity index (χ2n) is 3.88. The lowest BCUT2D eigenvalue weighted by molar-refractivity contribution is 0.0692. The van der Waals surface area contributed by atoms with Gasteiger partial charge in [-0.3, -0.25) is 8.51 Å². The zero-order valence-corrected chi connectivity index (χ0v) is 12.5. The number of aromatic nitrogens is 1. The van der Waals surface area contributed by atoms with E-state index in [9.17, 15) is 13.6 Å². The summed E-state index contributed by atoms with van der Waals surface area (Å²) in [7, 11) is 0. The molecule has 22 heavy (non-hydrogen) atoms. The van der Waals surface area contributed by atoms with Crippen molar-refractivity contribution < 1.29 is 18.7 Å². The largest absolute Gasteiger partial charge is 0.755 e. The zero-order valence-electron chi connectivity index (χ0n) is 10.9. The highest BCUT2D eigenvalue weighted by Gasteiger charge is 2.21. The minimum atomic E-state index is -2.72. The second-order valence-corrected chi connectivity index (χ2v) is 5.51. The van der Waals surface area contributed by atoms with Crippen molar-refractivity contribution in [2.24, 2.45) is 16.5 Å². The summed E-state index contributed by atoms with van der Waals surface area (Å²) >= 11 is -1.83. The van der Waals surface area contributed by atoms with Crippen LogP contribution in [0.3, 0.4) is 0 Å². The predicted octanol–water partition coefficient (Wildman–Crippen LogP) is 0.678. The van der Waals surface area contributed by atoms with E-state index in [4.69, 9.17) is 16.6 Å². The number of thiazole rings is 1. The molecule has 0 aliphatic rings. The van der Waals surface area contributed by atoms with Crippen molar-refractivity contribution in [1.29, 1.82) is 0 Å². The number of carboxylic acids is 1. The smallest absolute Gasteiger partial charge is 0.357 e. The Bertz CT molecular complexity index is 739. The number of aromatic carboxylic acids is 1. The van der Waals surface area contributed by atoms with Crippen molar-refractivity contribution in [3.05, 3.63) is 35.5 Å². The molecular weight excluding hydrogens is 330 g/mol. The van der Waals surface area contributed by atoms with Crippen molar-refractivity contribution in [1.82, 2.24) is 4.98 Å². The van der Waals surface area contributed by atoms with Crippen molar-refractivity contribution in [3.63, 3.8) is 0 Å². The van der Waals surface area contributed by atoms with Crippen LogP contribution in [0.25, 0.3) is 0 Å². The van der Waals surface area contributed by atoms with Gasteiger partial charge in [0.2, 0.25) is 0 Å². The van der Waals surface area contributed by atoms with Crippen LogP contribution < -0.4 is 15.8 Å². The van der Waals surface area contributed by atoms with Gasteiger partial charge >= 0.3 is 5.97 Å². The average Bonchev–Trinajstić information content (AvgIpc) is 2.89. The van der Waals surface area contributed by atoms with Gasteiger partial charge in [-0.1, -0.05) is 0 Å². The van der Waals surface area contributed by atoms with Gasteiger partial charge in [0, 0.05) is 0 Å². The van der Waals surface area contributed by atoms with Gasteiger partial charge in [-0.25, -0.2) is 14.8 Å². The second kappa shape index (κ2) is 6.51. The van der Waals surface area contributed by atoms with Gasteiger partial charge in [0.15, 0.2) is 11.7 Å². The highest BCUT2D eigenvalue weighted by Crippen LogP contribution is 2.34. The molecule has 0 spiro atoms. The summed E-state index contributed by atoms with van der Waals surface area (Å²) in [6.45, 7) is 0. The number of hydrogen-bond donors (Lipinski definition) is 3. The number of benzene rings is 1. The van der Waals surface area contributed by atoms with Gasteiger partial charge in [-0.2, -0.15) is 0 Å². The molecule has 2 aromatic rings. The third kappa shape index (κ3) is 3.39. The van der Waals surface area contributed by atoms with Crippen LogP contribution in [0.2, 0.25) is 0 Å². The number of anilines is 2. The molecule has 1 aromatic heterocycles. The molecule has 1 aromatic carbocycles. The molecule has 1 heterocycles. The number of guanidine groups is 1. The lowest BCUT2D eigenvalue weighted by atomic mass is 10.3. The zero-order chi connectivity index (χ0) is 16.3. The summed E-state index contributed by atoms with van der Waals surface area (Å²) < 4.78 is 23.8. The third-order valence-corrected chi connectivity index (χ3v) is 4.04. The molecule has 0 saturated carbocycles. The highest BCUT2D eigenvalue weighted by molar-refractivity contribution is 7.81. The number of carbonyl (C=O) groups is 1. The number of carboxylic acid groups (broad SMARTS) is 1. The lowest BCUT2D eigenvalue weighted by Gasteiger charge is -2.25.